The topological polar surface area (TPSA) is 49.9 Å². The highest BCUT2D eigenvalue weighted by Gasteiger charge is 2.45. The standard InChI is InChI=1S/C19H24N2O3/c1-12-3-4-15(7-13(12)2)20-9-14(8-18(20)22)19(23)21-16-5-6-17(21)11-24-10-16/h3-4,7,14,16-17H,5-6,8-11H2,1-2H3/t14-,16-,17-/m1/s1. The molecule has 0 N–H and O–H groups in total. The molecule has 3 aliphatic rings. The number of hydrogen-bond donors (Lipinski definition) is 0. The van der Waals surface area contributed by atoms with Crippen molar-refractivity contribution in [1.82, 2.24) is 4.90 Å². The summed E-state index contributed by atoms with van der Waals surface area (Å²) in [6.07, 6.45) is 2.37. The zero-order valence-corrected chi connectivity index (χ0v) is 14.3. The molecule has 0 unspecified atom stereocenters. The van der Waals surface area contributed by atoms with Crippen molar-refractivity contribution in [2.24, 2.45) is 5.92 Å². The van der Waals surface area contributed by atoms with Crippen LogP contribution in [0.2, 0.25) is 0 Å². The number of morpholine rings is 1. The maximum atomic E-state index is 13.0. The molecule has 5 nitrogen and oxygen atoms in total. The maximum Gasteiger partial charge on any atom is 0.228 e. The Kier molecular flexibility index (Phi) is 3.83. The van der Waals surface area contributed by atoms with E-state index in [9.17, 15) is 9.59 Å². The van der Waals surface area contributed by atoms with E-state index in [0.29, 0.717) is 26.2 Å². The molecular weight excluding hydrogens is 304 g/mol. The van der Waals surface area contributed by atoms with Crippen molar-refractivity contribution in [2.75, 3.05) is 24.7 Å². The van der Waals surface area contributed by atoms with Crippen LogP contribution in [0, 0.1) is 19.8 Å². The van der Waals surface area contributed by atoms with Gasteiger partial charge in [0.15, 0.2) is 0 Å². The van der Waals surface area contributed by atoms with Crippen molar-refractivity contribution in [1.29, 1.82) is 0 Å². The van der Waals surface area contributed by atoms with Gasteiger partial charge in [-0.25, -0.2) is 0 Å². The van der Waals surface area contributed by atoms with Crippen molar-refractivity contribution < 1.29 is 14.3 Å². The van der Waals surface area contributed by atoms with Crippen molar-refractivity contribution >= 4 is 17.5 Å². The molecule has 1 aromatic carbocycles. The SMILES string of the molecule is Cc1ccc(N2C[C@H](C(=O)N3[C@@H]4CC[C@@H]3COC4)CC2=O)cc1C. The lowest BCUT2D eigenvalue weighted by Gasteiger charge is -2.36. The maximum absolute atomic E-state index is 13.0. The van der Waals surface area contributed by atoms with Gasteiger partial charge in [-0.3, -0.25) is 9.59 Å². The molecule has 2 bridgehead atoms. The van der Waals surface area contributed by atoms with E-state index in [-0.39, 0.29) is 29.8 Å². The second kappa shape index (κ2) is 5.88. The number of benzene rings is 1. The van der Waals surface area contributed by atoms with Crippen LogP contribution in [0.3, 0.4) is 0 Å². The van der Waals surface area contributed by atoms with Crippen molar-refractivity contribution in [2.45, 2.75) is 45.2 Å². The molecule has 3 aliphatic heterocycles. The molecule has 5 heteroatoms. The predicted molar refractivity (Wildman–Crippen MR) is 90.9 cm³/mol. The number of aryl methyl sites for hydroxylation is 2. The fourth-order valence-electron chi connectivity index (χ4n) is 4.22. The van der Waals surface area contributed by atoms with Crippen LogP contribution in [-0.4, -0.2) is 48.6 Å². The Morgan fingerprint density at radius 1 is 1.12 bits per heavy atom. The minimum absolute atomic E-state index is 0.0530. The van der Waals surface area contributed by atoms with Crippen LogP contribution in [0.5, 0.6) is 0 Å². The monoisotopic (exact) mass is 328 g/mol. The first-order chi connectivity index (χ1) is 11.5. The van der Waals surface area contributed by atoms with Gasteiger partial charge in [0.05, 0.1) is 31.2 Å². The van der Waals surface area contributed by atoms with Gasteiger partial charge in [0.2, 0.25) is 11.8 Å². The summed E-state index contributed by atoms with van der Waals surface area (Å²) < 4.78 is 5.56. The van der Waals surface area contributed by atoms with Gasteiger partial charge in [0.1, 0.15) is 0 Å². The van der Waals surface area contributed by atoms with Crippen LogP contribution in [0.1, 0.15) is 30.4 Å². The molecular formula is C19H24N2O3. The summed E-state index contributed by atoms with van der Waals surface area (Å²) in [5, 5.41) is 0. The lowest BCUT2D eigenvalue weighted by Crippen LogP contribution is -2.51. The van der Waals surface area contributed by atoms with Crippen molar-refractivity contribution in [3.63, 3.8) is 0 Å². The fraction of sp³-hybridized carbons (Fsp3) is 0.579. The quantitative estimate of drug-likeness (QED) is 0.835. The Bertz CT molecular complexity index is 671. The second-order valence-electron chi connectivity index (χ2n) is 7.34. The number of carbonyl (C=O) groups is 2. The third kappa shape index (κ3) is 2.51. The van der Waals surface area contributed by atoms with Gasteiger partial charge in [0.25, 0.3) is 0 Å². The molecule has 0 aliphatic carbocycles. The van der Waals surface area contributed by atoms with Gasteiger partial charge in [0, 0.05) is 18.7 Å². The van der Waals surface area contributed by atoms with E-state index in [0.717, 1.165) is 18.5 Å². The summed E-state index contributed by atoms with van der Waals surface area (Å²) in [5.41, 5.74) is 3.28. The smallest absolute Gasteiger partial charge is 0.228 e. The summed E-state index contributed by atoms with van der Waals surface area (Å²) in [5.74, 6) is -0.0250. The second-order valence-corrected chi connectivity index (χ2v) is 7.34. The molecule has 24 heavy (non-hydrogen) atoms. The first kappa shape index (κ1) is 15.6. The number of hydrogen-bond acceptors (Lipinski definition) is 3. The highest BCUT2D eigenvalue weighted by molar-refractivity contribution is 6.00. The van der Waals surface area contributed by atoms with Crippen molar-refractivity contribution in [3.8, 4) is 0 Å². The van der Waals surface area contributed by atoms with E-state index in [1.165, 1.54) is 11.1 Å². The Labute approximate surface area is 142 Å². The minimum atomic E-state index is -0.222. The predicted octanol–water partition coefficient (Wildman–Crippen LogP) is 2.05. The number of nitrogens with zero attached hydrogens (tertiary/aromatic N) is 2. The average Bonchev–Trinajstić information content (AvgIpc) is 3.07. The normalized spacial score (nSPS) is 29.4. The molecule has 2 amide bonds. The minimum Gasteiger partial charge on any atom is -0.377 e. The molecule has 4 rings (SSSR count). The van der Waals surface area contributed by atoms with E-state index in [1.54, 1.807) is 4.90 Å². The lowest BCUT2D eigenvalue weighted by molar-refractivity contribution is -0.145. The van der Waals surface area contributed by atoms with Crippen LogP contribution < -0.4 is 4.90 Å². The summed E-state index contributed by atoms with van der Waals surface area (Å²) in [6.45, 7) is 5.89. The zero-order valence-electron chi connectivity index (χ0n) is 14.3. The molecule has 0 spiro atoms. The largest absolute Gasteiger partial charge is 0.377 e. The summed E-state index contributed by atoms with van der Waals surface area (Å²) >= 11 is 0. The van der Waals surface area contributed by atoms with Crippen LogP contribution in [0.15, 0.2) is 18.2 Å². The summed E-state index contributed by atoms with van der Waals surface area (Å²) in [7, 11) is 0. The molecule has 3 atom stereocenters. The zero-order chi connectivity index (χ0) is 16.8. The number of ether oxygens (including phenoxy) is 1. The number of rotatable bonds is 2. The summed E-state index contributed by atoms with van der Waals surface area (Å²) in [6, 6.07) is 6.48. The molecule has 0 saturated carbocycles. The molecule has 3 heterocycles. The van der Waals surface area contributed by atoms with Crippen LogP contribution >= 0.6 is 0 Å². The number of carbonyl (C=O) groups excluding carboxylic acids is 2. The third-order valence-electron chi connectivity index (χ3n) is 5.77. The van der Waals surface area contributed by atoms with E-state index in [1.807, 2.05) is 30.0 Å². The Morgan fingerprint density at radius 3 is 2.50 bits per heavy atom. The van der Waals surface area contributed by atoms with E-state index in [2.05, 4.69) is 6.92 Å². The van der Waals surface area contributed by atoms with E-state index < -0.39 is 0 Å². The Morgan fingerprint density at radius 2 is 1.83 bits per heavy atom. The van der Waals surface area contributed by atoms with Gasteiger partial charge < -0.3 is 14.5 Å². The molecule has 3 saturated heterocycles. The first-order valence-corrected chi connectivity index (χ1v) is 8.82. The van der Waals surface area contributed by atoms with E-state index >= 15 is 0 Å². The summed E-state index contributed by atoms with van der Waals surface area (Å²) in [4.78, 5) is 29.3. The van der Waals surface area contributed by atoms with Crippen LogP contribution in [0.25, 0.3) is 0 Å². The molecule has 128 valence electrons. The van der Waals surface area contributed by atoms with Gasteiger partial charge in [-0.2, -0.15) is 0 Å². The van der Waals surface area contributed by atoms with Gasteiger partial charge in [-0.05, 0) is 49.9 Å². The third-order valence-corrected chi connectivity index (χ3v) is 5.77. The van der Waals surface area contributed by atoms with Crippen LogP contribution in [0.4, 0.5) is 5.69 Å². The number of anilines is 1. The van der Waals surface area contributed by atoms with Gasteiger partial charge in [-0.15, -0.1) is 0 Å². The Hall–Kier alpha value is -1.88. The Balaban J connectivity index is 1.51. The highest BCUT2D eigenvalue weighted by Crippen LogP contribution is 2.33. The molecule has 3 fully saturated rings. The van der Waals surface area contributed by atoms with Gasteiger partial charge >= 0.3 is 0 Å². The average molecular weight is 328 g/mol. The van der Waals surface area contributed by atoms with Crippen LogP contribution in [-0.2, 0) is 14.3 Å². The first-order valence-electron chi connectivity index (χ1n) is 8.82. The number of amides is 2. The van der Waals surface area contributed by atoms with Crippen molar-refractivity contribution in [3.05, 3.63) is 29.3 Å². The molecule has 1 aromatic rings. The lowest BCUT2D eigenvalue weighted by atomic mass is 10.1. The molecule has 0 aromatic heterocycles. The fourth-order valence-corrected chi connectivity index (χ4v) is 4.22. The molecule has 0 radical (unpaired) electrons. The number of fused-ring (bicyclic) bond motifs is 2. The highest BCUT2D eigenvalue weighted by atomic mass is 16.5. The van der Waals surface area contributed by atoms with Gasteiger partial charge in [-0.1, -0.05) is 6.07 Å². The van der Waals surface area contributed by atoms with E-state index in [4.69, 9.17) is 4.74 Å².